The number of hydrogen-bond donors (Lipinski definition) is 0. The van der Waals surface area contributed by atoms with E-state index in [2.05, 4.69) is 20.7 Å². The van der Waals surface area contributed by atoms with E-state index in [0.717, 1.165) is 12.1 Å². The van der Waals surface area contributed by atoms with Crippen LogP contribution in [0.5, 0.6) is 5.75 Å². The van der Waals surface area contributed by atoms with E-state index in [0.29, 0.717) is 0 Å². The minimum atomic E-state index is -4.97. The summed E-state index contributed by atoms with van der Waals surface area (Å²) in [7, 11) is 0. The third kappa shape index (κ3) is 3.99. The monoisotopic (exact) mass is 314 g/mol. The Labute approximate surface area is 103 Å². The molecule has 1 unspecified atom stereocenters. The molecule has 1 aromatic rings. The lowest BCUT2D eigenvalue weighted by atomic mass is 10.1. The highest BCUT2D eigenvalue weighted by molar-refractivity contribution is 9.09. The molecule has 17 heavy (non-hydrogen) atoms. The van der Waals surface area contributed by atoms with Gasteiger partial charge in [0.2, 0.25) is 0 Å². The molecule has 7 heteroatoms. The van der Waals surface area contributed by atoms with E-state index in [1.54, 1.807) is 0 Å². The number of alkyl halides is 4. The highest BCUT2D eigenvalue weighted by atomic mass is 79.9. The molecule has 0 spiro atoms. The van der Waals surface area contributed by atoms with E-state index in [9.17, 15) is 22.4 Å². The second-order valence-corrected chi connectivity index (χ2v) is 4.13. The lowest BCUT2D eigenvalue weighted by Crippen LogP contribution is -2.18. The fourth-order valence-corrected chi connectivity index (χ4v) is 1.40. The van der Waals surface area contributed by atoms with Gasteiger partial charge in [0.25, 0.3) is 0 Å². The first kappa shape index (κ1) is 14.0. The normalized spacial score (nSPS) is 13.3. The van der Waals surface area contributed by atoms with Gasteiger partial charge in [0, 0.05) is 0 Å². The average Bonchev–Trinajstić information content (AvgIpc) is 2.18. The van der Waals surface area contributed by atoms with Gasteiger partial charge in [-0.1, -0.05) is 22.0 Å². The van der Waals surface area contributed by atoms with Crippen LogP contribution in [0.1, 0.15) is 17.3 Å². The van der Waals surface area contributed by atoms with Crippen LogP contribution in [0.2, 0.25) is 0 Å². The van der Waals surface area contributed by atoms with Crippen molar-refractivity contribution in [1.82, 2.24) is 0 Å². The van der Waals surface area contributed by atoms with Crippen LogP contribution in [0.4, 0.5) is 17.6 Å². The van der Waals surface area contributed by atoms with Crippen LogP contribution >= 0.6 is 15.9 Å². The number of Topliss-reactive ketones (excluding diaryl/α,β-unsaturated/α-hetero) is 1. The van der Waals surface area contributed by atoms with Crippen molar-refractivity contribution in [2.24, 2.45) is 0 Å². The Balaban J connectivity index is 3.06. The van der Waals surface area contributed by atoms with Crippen LogP contribution in [-0.4, -0.2) is 12.1 Å². The number of rotatable bonds is 3. The van der Waals surface area contributed by atoms with Crippen molar-refractivity contribution < 1.29 is 27.1 Å². The average molecular weight is 315 g/mol. The molecule has 0 fully saturated rings. The summed E-state index contributed by atoms with van der Waals surface area (Å²) in [5.74, 6) is -2.41. The zero-order valence-electron chi connectivity index (χ0n) is 8.52. The van der Waals surface area contributed by atoms with Gasteiger partial charge in [0.1, 0.15) is 5.78 Å². The summed E-state index contributed by atoms with van der Waals surface area (Å²) in [6.45, 7) is 1.26. The lowest BCUT2D eigenvalue weighted by Gasteiger charge is -2.12. The van der Waals surface area contributed by atoms with Crippen LogP contribution in [0.15, 0.2) is 18.2 Å². The first-order valence-corrected chi connectivity index (χ1v) is 5.32. The van der Waals surface area contributed by atoms with E-state index in [4.69, 9.17) is 0 Å². The number of ketones is 1. The highest BCUT2D eigenvalue weighted by Gasteiger charge is 2.32. The van der Waals surface area contributed by atoms with Gasteiger partial charge in [-0.25, -0.2) is 4.39 Å². The second kappa shape index (κ2) is 5.03. The molecule has 2 nitrogen and oxygen atoms in total. The molecule has 1 atom stereocenters. The number of ether oxygens (including phenoxy) is 1. The Morgan fingerprint density at radius 1 is 1.41 bits per heavy atom. The van der Waals surface area contributed by atoms with Gasteiger partial charge in [0.05, 0.1) is 4.83 Å². The number of benzene rings is 1. The van der Waals surface area contributed by atoms with Crippen molar-refractivity contribution in [2.45, 2.75) is 18.1 Å². The van der Waals surface area contributed by atoms with Crippen molar-refractivity contribution in [3.8, 4) is 5.75 Å². The summed E-state index contributed by atoms with van der Waals surface area (Å²) < 4.78 is 52.4. The van der Waals surface area contributed by atoms with Crippen LogP contribution in [0, 0.1) is 5.82 Å². The molecule has 0 aliphatic heterocycles. The van der Waals surface area contributed by atoms with E-state index in [1.807, 2.05) is 0 Å². The van der Waals surface area contributed by atoms with Gasteiger partial charge in [-0.3, -0.25) is 4.79 Å². The summed E-state index contributed by atoms with van der Waals surface area (Å²) in [6.07, 6.45) is -4.97. The molecule has 94 valence electrons. The molecule has 1 aromatic carbocycles. The Bertz CT molecular complexity index is 431. The molecule has 1 rings (SSSR count). The molecule has 0 aliphatic carbocycles. The van der Waals surface area contributed by atoms with Gasteiger partial charge >= 0.3 is 6.36 Å². The van der Waals surface area contributed by atoms with Crippen LogP contribution < -0.4 is 4.74 Å². The fourth-order valence-electron chi connectivity index (χ4n) is 1.12. The Morgan fingerprint density at radius 3 is 2.47 bits per heavy atom. The van der Waals surface area contributed by atoms with E-state index in [-0.39, 0.29) is 11.3 Å². The van der Waals surface area contributed by atoms with Crippen molar-refractivity contribution in [3.05, 3.63) is 29.6 Å². The second-order valence-electron chi connectivity index (χ2n) is 3.21. The predicted molar refractivity (Wildman–Crippen MR) is 55.4 cm³/mol. The Kier molecular flexibility index (Phi) is 4.13. The molecule has 0 aliphatic rings. The maximum absolute atomic E-state index is 13.0. The molecular weight excluding hydrogens is 308 g/mol. The summed E-state index contributed by atoms with van der Waals surface area (Å²) in [5, 5.41) is 0. The maximum atomic E-state index is 13.0. The van der Waals surface area contributed by atoms with E-state index in [1.165, 1.54) is 13.0 Å². The molecule has 0 saturated carbocycles. The summed E-state index contributed by atoms with van der Waals surface area (Å²) in [6, 6.07) is 2.86. The largest absolute Gasteiger partial charge is 0.573 e. The maximum Gasteiger partial charge on any atom is 0.573 e. The quantitative estimate of drug-likeness (QED) is 0.627. The fraction of sp³-hybridized carbons (Fsp3) is 0.300. The smallest absolute Gasteiger partial charge is 0.403 e. The molecular formula is C10H7BrF4O2. The first-order valence-electron chi connectivity index (χ1n) is 4.40. The van der Waals surface area contributed by atoms with Gasteiger partial charge in [-0.15, -0.1) is 13.2 Å². The summed E-state index contributed by atoms with van der Waals surface area (Å²) in [4.78, 5) is 10.2. The van der Waals surface area contributed by atoms with Crippen LogP contribution in [0.25, 0.3) is 0 Å². The summed E-state index contributed by atoms with van der Waals surface area (Å²) >= 11 is 2.98. The van der Waals surface area contributed by atoms with Crippen molar-refractivity contribution in [1.29, 1.82) is 0 Å². The zero-order valence-corrected chi connectivity index (χ0v) is 10.1. The van der Waals surface area contributed by atoms with Crippen molar-refractivity contribution in [3.63, 3.8) is 0 Å². The van der Waals surface area contributed by atoms with Gasteiger partial charge in [0.15, 0.2) is 11.6 Å². The topological polar surface area (TPSA) is 26.3 Å². The highest BCUT2D eigenvalue weighted by Crippen LogP contribution is 2.31. The van der Waals surface area contributed by atoms with E-state index < -0.39 is 22.8 Å². The molecule has 0 aromatic heterocycles. The number of carbonyl (C=O) groups excluding carboxylic acids is 1. The van der Waals surface area contributed by atoms with Gasteiger partial charge < -0.3 is 4.74 Å². The molecule has 0 saturated heterocycles. The predicted octanol–water partition coefficient (Wildman–Crippen LogP) is 3.75. The molecule has 0 radical (unpaired) electrons. The lowest BCUT2D eigenvalue weighted by molar-refractivity contribution is -0.275. The van der Waals surface area contributed by atoms with Crippen molar-refractivity contribution in [2.75, 3.05) is 0 Å². The number of halogens is 5. The molecule has 0 amide bonds. The minimum absolute atomic E-state index is 0.193. The van der Waals surface area contributed by atoms with Crippen LogP contribution in [-0.2, 0) is 4.79 Å². The van der Waals surface area contributed by atoms with Gasteiger partial charge in [-0.2, -0.15) is 0 Å². The van der Waals surface area contributed by atoms with Crippen molar-refractivity contribution >= 4 is 21.7 Å². The summed E-state index contributed by atoms with van der Waals surface area (Å²) in [5.41, 5.74) is 0.193. The molecule has 0 bridgehead atoms. The number of carbonyl (C=O) groups is 1. The molecule has 0 N–H and O–H groups in total. The third-order valence-corrected chi connectivity index (χ3v) is 3.00. The van der Waals surface area contributed by atoms with Crippen LogP contribution in [0.3, 0.4) is 0 Å². The first-order chi connectivity index (χ1) is 7.70. The number of hydrogen-bond acceptors (Lipinski definition) is 2. The van der Waals surface area contributed by atoms with E-state index >= 15 is 0 Å². The molecule has 0 heterocycles. The third-order valence-electron chi connectivity index (χ3n) is 1.83. The Morgan fingerprint density at radius 2 is 2.00 bits per heavy atom. The van der Waals surface area contributed by atoms with Gasteiger partial charge in [-0.05, 0) is 24.6 Å². The zero-order chi connectivity index (χ0) is 13.2. The Hall–Kier alpha value is -1.11. The SMILES string of the molecule is CC(=O)C(Br)c1ccc(F)c(OC(F)(F)F)c1. The minimum Gasteiger partial charge on any atom is -0.403 e. The standard InChI is InChI=1S/C10H7BrF4O2/c1-5(16)9(11)6-2-3-7(12)8(4-6)17-10(13,14)15/h2-4,9H,1H3.